The molecule has 0 unspecified atom stereocenters. The standard InChI is InChI=1S/C15H29N5/c1-6-20(7-2)10-8-9-17-13-11-12(16)18-14(19-13)15(3,4)5/h11H,6-10H2,1-5H3,(H3,16,17,18,19). The van der Waals surface area contributed by atoms with Crippen LogP contribution in [0.3, 0.4) is 0 Å². The highest BCUT2D eigenvalue weighted by Crippen LogP contribution is 2.21. The maximum Gasteiger partial charge on any atom is 0.138 e. The molecular formula is C15H29N5. The first-order valence-corrected chi connectivity index (χ1v) is 7.48. The van der Waals surface area contributed by atoms with E-state index < -0.39 is 0 Å². The first-order chi connectivity index (χ1) is 9.36. The lowest BCUT2D eigenvalue weighted by atomic mass is 9.96. The zero-order valence-electron chi connectivity index (χ0n) is 13.5. The minimum Gasteiger partial charge on any atom is -0.384 e. The van der Waals surface area contributed by atoms with Crippen LogP contribution in [0.2, 0.25) is 0 Å². The van der Waals surface area contributed by atoms with Crippen LogP contribution >= 0.6 is 0 Å². The number of nitrogens with one attached hydrogen (secondary N) is 1. The molecule has 0 amide bonds. The first kappa shape index (κ1) is 16.7. The van der Waals surface area contributed by atoms with Gasteiger partial charge in [-0.1, -0.05) is 34.6 Å². The molecule has 1 heterocycles. The summed E-state index contributed by atoms with van der Waals surface area (Å²) in [5.41, 5.74) is 5.76. The van der Waals surface area contributed by atoms with Crippen LogP contribution in [-0.4, -0.2) is 41.0 Å². The summed E-state index contributed by atoms with van der Waals surface area (Å²) in [6.07, 6.45) is 1.09. The third-order valence-corrected chi connectivity index (χ3v) is 3.27. The number of hydrogen-bond donors (Lipinski definition) is 2. The smallest absolute Gasteiger partial charge is 0.138 e. The fourth-order valence-electron chi connectivity index (χ4n) is 1.95. The molecule has 0 fully saturated rings. The topological polar surface area (TPSA) is 67.1 Å². The molecule has 20 heavy (non-hydrogen) atoms. The number of hydrogen-bond acceptors (Lipinski definition) is 5. The third kappa shape index (κ3) is 5.33. The van der Waals surface area contributed by atoms with Crippen LogP contribution in [0.5, 0.6) is 0 Å². The normalized spacial score (nSPS) is 11.9. The molecule has 0 aliphatic heterocycles. The summed E-state index contributed by atoms with van der Waals surface area (Å²) in [4.78, 5) is 11.3. The van der Waals surface area contributed by atoms with Gasteiger partial charge in [0.1, 0.15) is 17.5 Å². The Morgan fingerprint density at radius 2 is 1.85 bits per heavy atom. The summed E-state index contributed by atoms with van der Waals surface area (Å²) in [6.45, 7) is 14.9. The van der Waals surface area contributed by atoms with Gasteiger partial charge in [0.2, 0.25) is 0 Å². The van der Waals surface area contributed by atoms with Crippen molar-refractivity contribution in [3.8, 4) is 0 Å². The van der Waals surface area contributed by atoms with Crippen molar-refractivity contribution in [1.82, 2.24) is 14.9 Å². The molecule has 1 aromatic heterocycles. The Bertz CT molecular complexity index is 407. The molecule has 0 radical (unpaired) electrons. The van der Waals surface area contributed by atoms with Crippen LogP contribution in [0.15, 0.2) is 6.07 Å². The second kappa shape index (κ2) is 7.43. The van der Waals surface area contributed by atoms with Crippen LogP contribution in [0.25, 0.3) is 0 Å². The number of nitrogens with zero attached hydrogens (tertiary/aromatic N) is 3. The maximum absolute atomic E-state index is 5.85. The summed E-state index contributed by atoms with van der Waals surface area (Å²) in [7, 11) is 0. The van der Waals surface area contributed by atoms with Gasteiger partial charge in [-0.3, -0.25) is 0 Å². The minimum absolute atomic E-state index is 0.0902. The monoisotopic (exact) mass is 279 g/mol. The van der Waals surface area contributed by atoms with Gasteiger partial charge in [0.15, 0.2) is 0 Å². The molecule has 0 bridgehead atoms. The SMILES string of the molecule is CCN(CC)CCCNc1cc(N)nc(C(C)(C)C)n1. The van der Waals surface area contributed by atoms with Gasteiger partial charge in [0, 0.05) is 18.0 Å². The summed E-state index contributed by atoms with van der Waals surface area (Å²) in [5.74, 6) is 2.13. The Morgan fingerprint density at radius 3 is 2.40 bits per heavy atom. The number of anilines is 2. The van der Waals surface area contributed by atoms with Crippen LogP contribution in [-0.2, 0) is 5.41 Å². The van der Waals surface area contributed by atoms with E-state index in [4.69, 9.17) is 5.73 Å². The quantitative estimate of drug-likeness (QED) is 0.751. The second-order valence-electron chi connectivity index (χ2n) is 6.06. The molecule has 5 nitrogen and oxygen atoms in total. The molecule has 0 aliphatic rings. The van der Waals surface area contributed by atoms with Gasteiger partial charge in [-0.2, -0.15) is 0 Å². The van der Waals surface area contributed by atoms with Crippen LogP contribution in [0.4, 0.5) is 11.6 Å². The van der Waals surface area contributed by atoms with E-state index in [0.29, 0.717) is 5.82 Å². The predicted molar refractivity (Wildman–Crippen MR) is 86.0 cm³/mol. The number of aromatic nitrogens is 2. The third-order valence-electron chi connectivity index (χ3n) is 3.27. The van der Waals surface area contributed by atoms with Crippen molar-refractivity contribution in [2.75, 3.05) is 37.2 Å². The molecule has 0 atom stereocenters. The molecule has 0 aromatic carbocycles. The molecule has 0 aliphatic carbocycles. The average Bonchev–Trinajstić information content (AvgIpc) is 2.37. The van der Waals surface area contributed by atoms with Crippen molar-refractivity contribution < 1.29 is 0 Å². The highest BCUT2D eigenvalue weighted by molar-refractivity contribution is 5.45. The molecule has 1 aromatic rings. The molecule has 3 N–H and O–H groups in total. The summed E-state index contributed by atoms with van der Waals surface area (Å²) in [6, 6.07) is 1.80. The largest absolute Gasteiger partial charge is 0.384 e. The van der Waals surface area contributed by atoms with Crippen molar-refractivity contribution in [3.05, 3.63) is 11.9 Å². The van der Waals surface area contributed by atoms with Crippen molar-refractivity contribution in [3.63, 3.8) is 0 Å². The lowest BCUT2D eigenvalue weighted by Gasteiger charge is -2.19. The zero-order valence-corrected chi connectivity index (χ0v) is 13.5. The average molecular weight is 279 g/mol. The van der Waals surface area contributed by atoms with Gasteiger partial charge in [-0.15, -0.1) is 0 Å². The Kier molecular flexibility index (Phi) is 6.20. The van der Waals surface area contributed by atoms with Crippen molar-refractivity contribution >= 4 is 11.6 Å². The van der Waals surface area contributed by atoms with E-state index in [-0.39, 0.29) is 5.41 Å². The molecule has 0 saturated carbocycles. The summed E-state index contributed by atoms with van der Waals surface area (Å²) >= 11 is 0. The fraction of sp³-hybridized carbons (Fsp3) is 0.733. The lowest BCUT2D eigenvalue weighted by Crippen LogP contribution is -2.25. The molecule has 0 saturated heterocycles. The molecule has 1 rings (SSSR count). The summed E-state index contributed by atoms with van der Waals surface area (Å²) in [5, 5.41) is 3.34. The number of nitrogen functional groups attached to an aromatic ring is 1. The minimum atomic E-state index is -0.0902. The second-order valence-corrected chi connectivity index (χ2v) is 6.06. The van der Waals surface area contributed by atoms with Gasteiger partial charge in [0.25, 0.3) is 0 Å². The van der Waals surface area contributed by atoms with Gasteiger partial charge < -0.3 is 16.0 Å². The van der Waals surface area contributed by atoms with E-state index in [1.807, 2.05) is 0 Å². The molecule has 0 spiro atoms. The maximum atomic E-state index is 5.85. The molecular weight excluding hydrogens is 250 g/mol. The highest BCUT2D eigenvalue weighted by Gasteiger charge is 2.18. The van der Waals surface area contributed by atoms with Gasteiger partial charge in [0.05, 0.1) is 0 Å². The summed E-state index contributed by atoms with van der Waals surface area (Å²) < 4.78 is 0. The van der Waals surface area contributed by atoms with Crippen LogP contribution < -0.4 is 11.1 Å². The van der Waals surface area contributed by atoms with Gasteiger partial charge >= 0.3 is 0 Å². The van der Waals surface area contributed by atoms with Crippen molar-refractivity contribution in [1.29, 1.82) is 0 Å². The Balaban J connectivity index is 2.54. The molecule has 114 valence electrons. The number of nitrogens with two attached hydrogens (primary N) is 1. The van der Waals surface area contributed by atoms with Crippen molar-refractivity contribution in [2.45, 2.75) is 46.5 Å². The van der Waals surface area contributed by atoms with Gasteiger partial charge in [-0.05, 0) is 26.1 Å². The van der Waals surface area contributed by atoms with E-state index in [9.17, 15) is 0 Å². The Morgan fingerprint density at radius 1 is 1.20 bits per heavy atom. The molecule has 5 heteroatoms. The van der Waals surface area contributed by atoms with Crippen LogP contribution in [0, 0.1) is 0 Å². The Hall–Kier alpha value is -1.36. The fourth-order valence-corrected chi connectivity index (χ4v) is 1.95. The lowest BCUT2D eigenvalue weighted by molar-refractivity contribution is 0.303. The van der Waals surface area contributed by atoms with E-state index in [1.165, 1.54) is 0 Å². The van der Waals surface area contributed by atoms with Gasteiger partial charge in [-0.25, -0.2) is 9.97 Å². The zero-order chi connectivity index (χ0) is 15.2. The van der Waals surface area contributed by atoms with E-state index >= 15 is 0 Å². The van der Waals surface area contributed by atoms with Crippen LogP contribution in [0.1, 0.15) is 46.9 Å². The van der Waals surface area contributed by atoms with E-state index in [1.54, 1.807) is 6.07 Å². The first-order valence-electron chi connectivity index (χ1n) is 7.48. The van der Waals surface area contributed by atoms with Crippen molar-refractivity contribution in [2.24, 2.45) is 0 Å². The Labute approximate surface area is 123 Å². The predicted octanol–water partition coefficient (Wildman–Crippen LogP) is 2.50. The van der Waals surface area contributed by atoms with E-state index in [0.717, 1.165) is 44.2 Å². The van der Waals surface area contributed by atoms with E-state index in [2.05, 4.69) is 54.8 Å². The number of rotatable bonds is 7. The highest BCUT2D eigenvalue weighted by atomic mass is 15.1.